The fourth-order valence-corrected chi connectivity index (χ4v) is 1.33. The smallest absolute Gasteiger partial charge is 0.354 e. The van der Waals surface area contributed by atoms with E-state index >= 15 is 0 Å². The highest BCUT2D eigenvalue weighted by Gasteiger charge is 2.10. The molecule has 0 fully saturated rings. The van der Waals surface area contributed by atoms with Crippen molar-refractivity contribution >= 4 is 5.97 Å². The SMILES string of the molecule is O=C(O)c1ncccc1Cn1cccn1. The highest BCUT2D eigenvalue weighted by atomic mass is 16.4. The monoisotopic (exact) mass is 203 g/mol. The van der Waals surface area contributed by atoms with Gasteiger partial charge in [-0.15, -0.1) is 0 Å². The maximum atomic E-state index is 10.9. The fraction of sp³-hybridized carbons (Fsp3) is 0.100. The molecule has 0 bridgehead atoms. The van der Waals surface area contributed by atoms with Crippen molar-refractivity contribution < 1.29 is 9.90 Å². The zero-order valence-electron chi connectivity index (χ0n) is 7.87. The summed E-state index contributed by atoms with van der Waals surface area (Å²) in [6, 6.07) is 5.24. The molecule has 2 aromatic heterocycles. The number of nitrogens with zero attached hydrogens (tertiary/aromatic N) is 3. The van der Waals surface area contributed by atoms with Crippen molar-refractivity contribution in [2.45, 2.75) is 6.54 Å². The van der Waals surface area contributed by atoms with Gasteiger partial charge < -0.3 is 5.11 Å². The molecule has 0 atom stereocenters. The van der Waals surface area contributed by atoms with Crippen LogP contribution in [-0.4, -0.2) is 25.8 Å². The number of carboxylic acid groups (broad SMARTS) is 1. The van der Waals surface area contributed by atoms with Crippen LogP contribution in [0.15, 0.2) is 36.8 Å². The minimum Gasteiger partial charge on any atom is -0.477 e. The van der Waals surface area contributed by atoms with Gasteiger partial charge >= 0.3 is 5.97 Å². The number of hydrogen-bond acceptors (Lipinski definition) is 3. The van der Waals surface area contributed by atoms with Crippen LogP contribution >= 0.6 is 0 Å². The Hall–Kier alpha value is -2.17. The van der Waals surface area contributed by atoms with E-state index in [0.717, 1.165) is 0 Å². The van der Waals surface area contributed by atoms with Gasteiger partial charge in [-0.1, -0.05) is 6.07 Å². The van der Waals surface area contributed by atoms with E-state index in [-0.39, 0.29) is 5.69 Å². The third-order valence-corrected chi connectivity index (χ3v) is 1.99. The molecular formula is C10H9N3O2. The summed E-state index contributed by atoms with van der Waals surface area (Å²) in [6.45, 7) is 0.419. The number of aromatic nitrogens is 3. The van der Waals surface area contributed by atoms with Crippen LogP contribution < -0.4 is 0 Å². The molecule has 0 aliphatic rings. The second-order valence-corrected chi connectivity index (χ2v) is 3.02. The summed E-state index contributed by atoms with van der Waals surface area (Å²) in [6.07, 6.45) is 4.89. The van der Waals surface area contributed by atoms with Gasteiger partial charge in [-0.25, -0.2) is 9.78 Å². The molecule has 0 saturated heterocycles. The van der Waals surface area contributed by atoms with Crippen molar-refractivity contribution in [3.63, 3.8) is 0 Å². The van der Waals surface area contributed by atoms with Crippen molar-refractivity contribution in [2.75, 3.05) is 0 Å². The van der Waals surface area contributed by atoms with E-state index in [9.17, 15) is 4.79 Å². The van der Waals surface area contributed by atoms with Gasteiger partial charge in [-0.05, 0) is 12.1 Å². The molecule has 0 aliphatic heterocycles. The van der Waals surface area contributed by atoms with Gasteiger partial charge in [0.1, 0.15) is 0 Å². The molecule has 0 aliphatic carbocycles. The highest BCUT2D eigenvalue weighted by Crippen LogP contribution is 2.06. The molecule has 0 aromatic carbocycles. The molecule has 0 saturated carbocycles. The number of rotatable bonds is 3. The summed E-state index contributed by atoms with van der Waals surface area (Å²) in [4.78, 5) is 14.7. The van der Waals surface area contributed by atoms with Gasteiger partial charge in [0.25, 0.3) is 0 Å². The fourth-order valence-electron chi connectivity index (χ4n) is 1.33. The lowest BCUT2D eigenvalue weighted by Crippen LogP contribution is -2.09. The summed E-state index contributed by atoms with van der Waals surface area (Å²) in [5.74, 6) is -1.02. The molecule has 0 radical (unpaired) electrons. The Bertz CT molecular complexity index is 465. The first kappa shape index (κ1) is 9.39. The van der Waals surface area contributed by atoms with E-state index in [1.165, 1.54) is 6.20 Å². The summed E-state index contributed by atoms with van der Waals surface area (Å²) >= 11 is 0. The Morgan fingerprint density at radius 2 is 2.27 bits per heavy atom. The van der Waals surface area contributed by atoms with Crippen LogP contribution in [0.25, 0.3) is 0 Å². The van der Waals surface area contributed by atoms with Crippen LogP contribution in [0.4, 0.5) is 0 Å². The van der Waals surface area contributed by atoms with E-state index in [4.69, 9.17) is 5.11 Å². The molecule has 2 rings (SSSR count). The molecule has 15 heavy (non-hydrogen) atoms. The van der Waals surface area contributed by atoms with Gasteiger partial charge in [-0.2, -0.15) is 5.10 Å². The normalized spacial score (nSPS) is 10.1. The lowest BCUT2D eigenvalue weighted by atomic mass is 10.2. The molecule has 2 heterocycles. The zero-order valence-corrected chi connectivity index (χ0v) is 7.87. The van der Waals surface area contributed by atoms with Gasteiger partial charge in [-0.3, -0.25) is 4.68 Å². The van der Waals surface area contributed by atoms with Crippen LogP contribution in [0.2, 0.25) is 0 Å². The van der Waals surface area contributed by atoms with Crippen molar-refractivity contribution in [1.29, 1.82) is 0 Å². The number of hydrogen-bond donors (Lipinski definition) is 1. The Morgan fingerprint density at radius 1 is 1.40 bits per heavy atom. The summed E-state index contributed by atoms with van der Waals surface area (Å²) in [7, 11) is 0. The summed E-state index contributed by atoms with van der Waals surface area (Å²) < 4.78 is 1.66. The Kier molecular flexibility index (Phi) is 2.45. The quantitative estimate of drug-likeness (QED) is 0.808. The number of pyridine rings is 1. The Balaban J connectivity index is 2.32. The first-order valence-electron chi connectivity index (χ1n) is 4.42. The van der Waals surface area contributed by atoms with E-state index < -0.39 is 5.97 Å². The van der Waals surface area contributed by atoms with E-state index in [1.54, 1.807) is 35.3 Å². The molecule has 0 spiro atoms. The second kappa shape index (κ2) is 3.91. The van der Waals surface area contributed by atoms with Gasteiger partial charge in [0.15, 0.2) is 5.69 Å². The lowest BCUT2D eigenvalue weighted by Gasteiger charge is -2.04. The largest absolute Gasteiger partial charge is 0.477 e. The number of aromatic carboxylic acids is 1. The van der Waals surface area contributed by atoms with E-state index in [2.05, 4.69) is 10.1 Å². The zero-order chi connectivity index (χ0) is 10.7. The Morgan fingerprint density at radius 3 is 2.93 bits per heavy atom. The third kappa shape index (κ3) is 2.01. The van der Waals surface area contributed by atoms with Crippen molar-refractivity contribution in [3.8, 4) is 0 Å². The standard InChI is InChI=1S/C10H9N3O2/c14-10(15)9-8(3-1-4-11-9)7-13-6-2-5-12-13/h1-6H,7H2,(H,14,15). The van der Waals surface area contributed by atoms with Crippen molar-refractivity contribution in [3.05, 3.63) is 48.0 Å². The van der Waals surface area contributed by atoms with Gasteiger partial charge in [0.05, 0.1) is 6.54 Å². The highest BCUT2D eigenvalue weighted by molar-refractivity contribution is 5.86. The van der Waals surface area contributed by atoms with Gasteiger partial charge in [0, 0.05) is 24.2 Å². The number of carboxylic acids is 1. The molecule has 0 unspecified atom stereocenters. The minimum absolute atomic E-state index is 0.0769. The average Bonchev–Trinajstić information content (AvgIpc) is 2.71. The molecule has 5 nitrogen and oxygen atoms in total. The van der Waals surface area contributed by atoms with Crippen molar-refractivity contribution in [2.24, 2.45) is 0 Å². The average molecular weight is 203 g/mol. The van der Waals surface area contributed by atoms with Crippen LogP contribution in [0.1, 0.15) is 16.1 Å². The topological polar surface area (TPSA) is 68.0 Å². The molecule has 76 valence electrons. The predicted molar refractivity (Wildman–Crippen MR) is 52.5 cm³/mol. The maximum absolute atomic E-state index is 10.9. The second-order valence-electron chi connectivity index (χ2n) is 3.02. The van der Waals surface area contributed by atoms with Crippen LogP contribution in [0, 0.1) is 0 Å². The van der Waals surface area contributed by atoms with Crippen molar-refractivity contribution in [1.82, 2.24) is 14.8 Å². The van der Waals surface area contributed by atoms with Crippen LogP contribution in [0.5, 0.6) is 0 Å². The molecule has 0 amide bonds. The van der Waals surface area contributed by atoms with Crippen LogP contribution in [0.3, 0.4) is 0 Å². The summed E-state index contributed by atoms with van der Waals surface area (Å²) in [5.41, 5.74) is 0.724. The summed E-state index contributed by atoms with van der Waals surface area (Å²) in [5, 5.41) is 12.9. The minimum atomic E-state index is -1.02. The Labute approximate surface area is 86.0 Å². The molecule has 2 aromatic rings. The molecule has 1 N–H and O–H groups in total. The van der Waals surface area contributed by atoms with E-state index in [0.29, 0.717) is 12.1 Å². The molecular weight excluding hydrogens is 194 g/mol. The molecule has 5 heteroatoms. The maximum Gasteiger partial charge on any atom is 0.354 e. The van der Waals surface area contributed by atoms with Crippen LogP contribution in [-0.2, 0) is 6.54 Å². The lowest BCUT2D eigenvalue weighted by molar-refractivity contribution is 0.0689. The third-order valence-electron chi connectivity index (χ3n) is 1.99. The first-order chi connectivity index (χ1) is 7.27. The predicted octanol–water partition coefficient (Wildman–Crippen LogP) is 1.02. The number of carbonyl (C=O) groups is 1. The first-order valence-corrected chi connectivity index (χ1v) is 4.42. The van der Waals surface area contributed by atoms with Gasteiger partial charge in [0.2, 0.25) is 0 Å². The van der Waals surface area contributed by atoms with E-state index in [1.807, 2.05) is 0 Å².